The summed E-state index contributed by atoms with van der Waals surface area (Å²) in [5, 5.41) is 6.18. The Morgan fingerprint density at radius 2 is 1.00 bits per heavy atom. The molecule has 6 nitrogen and oxygen atoms in total. The molecule has 22 heavy (non-hydrogen) atoms. The summed E-state index contributed by atoms with van der Waals surface area (Å²) in [5.41, 5.74) is 1.22. The van der Waals surface area contributed by atoms with Crippen molar-refractivity contribution in [2.75, 3.05) is 14.2 Å². The molecule has 0 fully saturated rings. The van der Waals surface area contributed by atoms with Crippen LogP contribution in [-0.2, 0) is 0 Å². The predicted molar refractivity (Wildman–Crippen MR) is 83.1 cm³/mol. The maximum absolute atomic E-state index is 11.3. The summed E-state index contributed by atoms with van der Waals surface area (Å²) in [6, 6.07) is 11.9. The average Bonchev–Trinajstić information content (AvgIpc) is 2.60. The van der Waals surface area contributed by atoms with Crippen molar-refractivity contribution in [2.24, 2.45) is 10.4 Å². The van der Waals surface area contributed by atoms with Gasteiger partial charge in [0.2, 0.25) is 0 Å². The smallest absolute Gasteiger partial charge is 0.147 e. The summed E-state index contributed by atoms with van der Waals surface area (Å²) in [5.74, 6) is 1.32. The second-order valence-electron chi connectivity index (χ2n) is 4.65. The normalized spacial score (nSPS) is 13.0. The molecule has 0 bridgehead atoms. The van der Waals surface area contributed by atoms with Crippen LogP contribution in [0.3, 0.4) is 0 Å². The molecule has 2 rings (SSSR count). The summed E-state index contributed by atoms with van der Waals surface area (Å²) in [6.45, 7) is 0. The van der Waals surface area contributed by atoms with Gasteiger partial charge in [0.15, 0.2) is 0 Å². The first-order chi connectivity index (χ1) is 10.7. The van der Waals surface area contributed by atoms with Crippen LogP contribution in [0.2, 0.25) is 0 Å². The van der Waals surface area contributed by atoms with Crippen molar-refractivity contribution in [3.8, 4) is 11.5 Å². The molecule has 0 aliphatic heterocycles. The molecule has 0 amide bonds. The molecule has 2 aromatic carbocycles. The maximum atomic E-state index is 11.3. The monoisotopic (exact) mass is 300 g/mol. The highest BCUT2D eigenvalue weighted by Gasteiger charge is 2.27. The fourth-order valence-electron chi connectivity index (χ4n) is 2.20. The predicted octanol–water partition coefficient (Wildman–Crippen LogP) is 4.02. The van der Waals surface area contributed by atoms with Crippen molar-refractivity contribution >= 4 is 0 Å². The summed E-state index contributed by atoms with van der Waals surface area (Å²) in [7, 11) is 3.11. The molecule has 6 heteroatoms. The van der Waals surface area contributed by atoms with Crippen LogP contribution in [0.1, 0.15) is 23.2 Å². The van der Waals surface area contributed by atoms with Crippen molar-refractivity contribution in [2.45, 2.75) is 12.1 Å². The van der Waals surface area contributed by atoms with Gasteiger partial charge in [0.1, 0.15) is 23.6 Å². The third-order valence-corrected chi connectivity index (χ3v) is 3.44. The summed E-state index contributed by atoms with van der Waals surface area (Å²) in [6.07, 6.45) is 0. The lowest BCUT2D eigenvalue weighted by atomic mass is 9.94. The minimum atomic E-state index is -0.892. The molecule has 2 unspecified atom stereocenters. The Kier molecular flexibility index (Phi) is 5.19. The summed E-state index contributed by atoms with van der Waals surface area (Å²) in [4.78, 5) is 22.5. The molecule has 2 aromatic rings. The van der Waals surface area contributed by atoms with Gasteiger partial charge in [0.25, 0.3) is 0 Å². The minimum Gasteiger partial charge on any atom is -0.497 e. The quantitative estimate of drug-likeness (QED) is 0.723. The van der Waals surface area contributed by atoms with Crippen LogP contribution in [0.15, 0.2) is 58.9 Å². The van der Waals surface area contributed by atoms with E-state index in [9.17, 15) is 9.81 Å². The van der Waals surface area contributed by atoms with Gasteiger partial charge in [-0.05, 0) is 35.4 Å². The van der Waals surface area contributed by atoms with E-state index in [1.54, 1.807) is 62.8 Å². The Labute approximate surface area is 128 Å². The zero-order valence-corrected chi connectivity index (χ0v) is 12.3. The number of hydrogen-bond donors (Lipinski definition) is 0. The second-order valence-corrected chi connectivity index (χ2v) is 4.65. The third kappa shape index (κ3) is 3.28. The number of hydrogen-bond acceptors (Lipinski definition) is 6. The Morgan fingerprint density at radius 3 is 1.23 bits per heavy atom. The Balaban J connectivity index is 2.32. The number of nitrogens with zero attached hydrogens (tertiary/aromatic N) is 2. The molecule has 0 radical (unpaired) electrons. The van der Waals surface area contributed by atoms with Crippen LogP contribution in [-0.4, -0.2) is 14.2 Å². The van der Waals surface area contributed by atoms with Crippen molar-refractivity contribution in [3.63, 3.8) is 0 Å². The SMILES string of the molecule is COc1ccc(C(N=O)C(N=O)c2ccc(OC)cc2)cc1. The highest BCUT2D eigenvalue weighted by molar-refractivity contribution is 5.34. The Bertz CT molecular complexity index is 568. The van der Waals surface area contributed by atoms with Gasteiger partial charge in [-0.1, -0.05) is 34.6 Å². The number of rotatable bonds is 7. The van der Waals surface area contributed by atoms with Gasteiger partial charge >= 0.3 is 0 Å². The highest BCUT2D eigenvalue weighted by Crippen LogP contribution is 2.36. The fraction of sp³-hybridized carbons (Fsp3) is 0.250. The topological polar surface area (TPSA) is 77.3 Å². The van der Waals surface area contributed by atoms with E-state index in [0.29, 0.717) is 22.6 Å². The molecule has 0 heterocycles. The zero-order valence-electron chi connectivity index (χ0n) is 12.3. The van der Waals surface area contributed by atoms with E-state index in [-0.39, 0.29) is 0 Å². The van der Waals surface area contributed by atoms with E-state index < -0.39 is 12.1 Å². The van der Waals surface area contributed by atoms with E-state index in [2.05, 4.69) is 10.4 Å². The molecule has 2 atom stereocenters. The van der Waals surface area contributed by atoms with Crippen molar-refractivity contribution in [1.82, 2.24) is 0 Å². The molecule has 0 spiro atoms. The van der Waals surface area contributed by atoms with Gasteiger partial charge in [-0.15, -0.1) is 0 Å². The van der Waals surface area contributed by atoms with Crippen molar-refractivity contribution in [1.29, 1.82) is 0 Å². The van der Waals surface area contributed by atoms with Crippen LogP contribution in [0.25, 0.3) is 0 Å². The molecule has 0 N–H and O–H groups in total. The molecule has 0 saturated carbocycles. The zero-order chi connectivity index (χ0) is 15.9. The third-order valence-electron chi connectivity index (χ3n) is 3.44. The van der Waals surface area contributed by atoms with Gasteiger partial charge in [-0.25, -0.2) is 0 Å². The van der Waals surface area contributed by atoms with Gasteiger partial charge in [-0.2, -0.15) is 9.81 Å². The standard InChI is InChI=1S/C16H16N2O4/c1-21-13-7-3-11(4-8-13)15(17-19)16(18-20)12-5-9-14(22-2)10-6-12/h3-10,15-16H,1-2H3. The molecular weight excluding hydrogens is 284 g/mol. The van der Waals surface area contributed by atoms with Crippen molar-refractivity contribution in [3.05, 3.63) is 69.5 Å². The summed E-state index contributed by atoms with van der Waals surface area (Å²) >= 11 is 0. The van der Waals surface area contributed by atoms with Crippen LogP contribution in [0.4, 0.5) is 0 Å². The minimum absolute atomic E-state index is 0.608. The number of methoxy groups -OCH3 is 2. The summed E-state index contributed by atoms with van der Waals surface area (Å²) < 4.78 is 10.1. The van der Waals surface area contributed by atoms with Crippen molar-refractivity contribution < 1.29 is 9.47 Å². The van der Waals surface area contributed by atoms with E-state index in [1.165, 1.54) is 0 Å². The van der Waals surface area contributed by atoms with E-state index >= 15 is 0 Å². The molecule has 0 saturated heterocycles. The van der Waals surface area contributed by atoms with E-state index in [4.69, 9.17) is 9.47 Å². The van der Waals surface area contributed by atoms with E-state index in [1.807, 2.05) is 0 Å². The first-order valence-electron chi connectivity index (χ1n) is 6.66. The molecule has 0 aliphatic rings. The lowest BCUT2D eigenvalue weighted by Gasteiger charge is -2.16. The Hall–Kier alpha value is -2.76. The lowest BCUT2D eigenvalue weighted by molar-refractivity contribution is 0.414. The fourth-order valence-corrected chi connectivity index (χ4v) is 2.20. The van der Waals surface area contributed by atoms with Gasteiger partial charge in [0.05, 0.1) is 14.2 Å². The van der Waals surface area contributed by atoms with Crippen LogP contribution < -0.4 is 9.47 Å². The maximum Gasteiger partial charge on any atom is 0.147 e. The van der Waals surface area contributed by atoms with Crippen LogP contribution in [0.5, 0.6) is 11.5 Å². The van der Waals surface area contributed by atoms with Crippen LogP contribution >= 0.6 is 0 Å². The largest absolute Gasteiger partial charge is 0.497 e. The van der Waals surface area contributed by atoms with Gasteiger partial charge < -0.3 is 9.47 Å². The molecule has 114 valence electrons. The number of ether oxygens (including phenoxy) is 2. The average molecular weight is 300 g/mol. The number of benzene rings is 2. The van der Waals surface area contributed by atoms with E-state index in [0.717, 1.165) is 0 Å². The lowest BCUT2D eigenvalue weighted by Crippen LogP contribution is -2.07. The highest BCUT2D eigenvalue weighted by atomic mass is 16.5. The van der Waals surface area contributed by atoms with Crippen LogP contribution in [0, 0.1) is 9.81 Å². The second kappa shape index (κ2) is 7.31. The molecular formula is C16H16N2O4. The van der Waals surface area contributed by atoms with Gasteiger partial charge in [-0.3, -0.25) is 0 Å². The van der Waals surface area contributed by atoms with Gasteiger partial charge in [0, 0.05) is 0 Å². The molecule has 0 aliphatic carbocycles. The first-order valence-corrected chi connectivity index (χ1v) is 6.66. The number of nitroso groups, excluding NO2 is 2. The Morgan fingerprint density at radius 1 is 0.682 bits per heavy atom. The molecule has 0 aromatic heterocycles. The first kappa shape index (κ1) is 15.6.